The van der Waals surface area contributed by atoms with Gasteiger partial charge in [-0.3, -0.25) is 4.79 Å². The van der Waals surface area contributed by atoms with Gasteiger partial charge in [-0.2, -0.15) is 0 Å². The summed E-state index contributed by atoms with van der Waals surface area (Å²) in [6.07, 6.45) is 2.04. The van der Waals surface area contributed by atoms with Gasteiger partial charge in [0, 0.05) is 18.5 Å². The molecule has 1 amide bonds. The van der Waals surface area contributed by atoms with Crippen molar-refractivity contribution in [3.63, 3.8) is 0 Å². The SMILES string of the molecule is CSc1ccc(CN(C)C(=O)C(C)(C)N)cc1. The Kier molecular flexibility index (Phi) is 4.60. The van der Waals surface area contributed by atoms with Gasteiger partial charge in [-0.05, 0) is 37.8 Å². The molecule has 0 radical (unpaired) electrons. The predicted molar refractivity (Wildman–Crippen MR) is 73.0 cm³/mol. The number of carbonyl (C=O) groups excluding carboxylic acids is 1. The molecule has 1 aromatic rings. The van der Waals surface area contributed by atoms with Crippen molar-refractivity contribution >= 4 is 17.7 Å². The molecule has 4 heteroatoms. The van der Waals surface area contributed by atoms with Gasteiger partial charge in [0.2, 0.25) is 5.91 Å². The van der Waals surface area contributed by atoms with E-state index in [4.69, 9.17) is 5.73 Å². The number of nitrogens with two attached hydrogens (primary N) is 1. The lowest BCUT2D eigenvalue weighted by atomic mass is 10.1. The first kappa shape index (κ1) is 14.1. The topological polar surface area (TPSA) is 46.3 Å². The van der Waals surface area contributed by atoms with E-state index in [1.807, 2.05) is 18.4 Å². The number of carbonyl (C=O) groups is 1. The average molecular weight is 252 g/mol. The number of thioether (sulfide) groups is 1. The van der Waals surface area contributed by atoms with Crippen molar-refractivity contribution in [2.45, 2.75) is 30.8 Å². The fraction of sp³-hybridized carbons (Fsp3) is 0.462. The predicted octanol–water partition coefficient (Wildman–Crippen LogP) is 2.10. The largest absolute Gasteiger partial charge is 0.340 e. The molecule has 3 nitrogen and oxygen atoms in total. The molecule has 1 rings (SSSR count). The van der Waals surface area contributed by atoms with Crippen molar-refractivity contribution < 1.29 is 4.79 Å². The Hall–Kier alpha value is -1.00. The van der Waals surface area contributed by atoms with E-state index in [1.54, 1.807) is 37.6 Å². The zero-order valence-corrected chi connectivity index (χ0v) is 11.7. The molecular formula is C13H20N2OS. The number of amides is 1. The van der Waals surface area contributed by atoms with Gasteiger partial charge >= 0.3 is 0 Å². The molecule has 0 aliphatic rings. The van der Waals surface area contributed by atoms with Gasteiger partial charge < -0.3 is 10.6 Å². The highest BCUT2D eigenvalue weighted by Crippen LogP contribution is 2.16. The van der Waals surface area contributed by atoms with E-state index in [0.29, 0.717) is 6.54 Å². The molecule has 0 saturated heterocycles. The standard InChI is InChI=1S/C13H20N2OS/c1-13(2,14)12(16)15(3)9-10-5-7-11(17-4)8-6-10/h5-8H,9,14H2,1-4H3. The van der Waals surface area contributed by atoms with Crippen molar-refractivity contribution in [2.75, 3.05) is 13.3 Å². The Bertz CT molecular complexity index is 381. The third-order valence-corrected chi connectivity index (χ3v) is 3.22. The minimum atomic E-state index is -0.812. The van der Waals surface area contributed by atoms with Crippen LogP contribution in [-0.4, -0.2) is 29.6 Å². The van der Waals surface area contributed by atoms with E-state index < -0.39 is 5.54 Å². The second kappa shape index (κ2) is 5.56. The van der Waals surface area contributed by atoms with E-state index in [2.05, 4.69) is 12.1 Å². The quantitative estimate of drug-likeness (QED) is 0.835. The third-order valence-electron chi connectivity index (χ3n) is 2.48. The molecule has 0 heterocycles. The van der Waals surface area contributed by atoms with E-state index in [0.717, 1.165) is 5.56 Å². The molecule has 0 aliphatic heterocycles. The van der Waals surface area contributed by atoms with Gasteiger partial charge in [0.25, 0.3) is 0 Å². The molecule has 0 fully saturated rings. The van der Waals surface area contributed by atoms with Crippen molar-refractivity contribution in [1.29, 1.82) is 0 Å². The molecule has 17 heavy (non-hydrogen) atoms. The van der Waals surface area contributed by atoms with Crippen molar-refractivity contribution in [2.24, 2.45) is 5.73 Å². The highest BCUT2D eigenvalue weighted by Gasteiger charge is 2.25. The van der Waals surface area contributed by atoms with Gasteiger partial charge in [0.15, 0.2) is 0 Å². The lowest BCUT2D eigenvalue weighted by Gasteiger charge is -2.25. The van der Waals surface area contributed by atoms with Crippen molar-refractivity contribution in [1.82, 2.24) is 4.90 Å². The minimum Gasteiger partial charge on any atom is -0.340 e. The molecule has 0 atom stereocenters. The summed E-state index contributed by atoms with van der Waals surface area (Å²) >= 11 is 1.71. The number of hydrogen-bond donors (Lipinski definition) is 1. The molecular weight excluding hydrogens is 232 g/mol. The summed E-state index contributed by atoms with van der Waals surface area (Å²) in [5, 5.41) is 0. The van der Waals surface area contributed by atoms with Gasteiger partial charge in [-0.1, -0.05) is 12.1 Å². The lowest BCUT2D eigenvalue weighted by molar-refractivity contribution is -0.134. The third kappa shape index (κ3) is 4.06. The Morgan fingerprint density at radius 2 is 1.88 bits per heavy atom. The summed E-state index contributed by atoms with van der Waals surface area (Å²) in [5.41, 5.74) is 6.09. The van der Waals surface area contributed by atoms with Crippen LogP contribution in [0.2, 0.25) is 0 Å². The number of benzene rings is 1. The van der Waals surface area contributed by atoms with Crippen LogP contribution >= 0.6 is 11.8 Å². The number of likely N-dealkylation sites (N-methyl/N-ethyl adjacent to an activating group) is 1. The summed E-state index contributed by atoms with van der Waals surface area (Å²) < 4.78 is 0. The Morgan fingerprint density at radius 3 is 2.29 bits per heavy atom. The summed E-state index contributed by atoms with van der Waals surface area (Å²) in [5.74, 6) is -0.0496. The number of rotatable bonds is 4. The molecule has 0 unspecified atom stereocenters. The monoisotopic (exact) mass is 252 g/mol. The summed E-state index contributed by atoms with van der Waals surface area (Å²) in [7, 11) is 1.78. The van der Waals surface area contributed by atoms with Gasteiger partial charge in [-0.15, -0.1) is 11.8 Å². The Labute approximate surface area is 107 Å². The summed E-state index contributed by atoms with van der Waals surface area (Å²) in [6, 6.07) is 8.20. The lowest BCUT2D eigenvalue weighted by Crippen LogP contribution is -2.49. The zero-order valence-electron chi connectivity index (χ0n) is 10.9. The highest BCUT2D eigenvalue weighted by molar-refractivity contribution is 7.98. The van der Waals surface area contributed by atoms with Crippen molar-refractivity contribution in [3.05, 3.63) is 29.8 Å². The van der Waals surface area contributed by atoms with E-state index in [9.17, 15) is 4.79 Å². The number of hydrogen-bond acceptors (Lipinski definition) is 3. The minimum absolute atomic E-state index is 0.0496. The normalized spacial score (nSPS) is 11.4. The second-order valence-corrected chi connectivity index (χ2v) is 5.61. The van der Waals surface area contributed by atoms with Gasteiger partial charge in [-0.25, -0.2) is 0 Å². The van der Waals surface area contributed by atoms with Crippen LogP contribution in [0, 0.1) is 0 Å². The fourth-order valence-corrected chi connectivity index (χ4v) is 1.98. The highest BCUT2D eigenvalue weighted by atomic mass is 32.2. The zero-order chi connectivity index (χ0) is 13.1. The van der Waals surface area contributed by atoms with Crippen LogP contribution in [0.1, 0.15) is 19.4 Å². The Morgan fingerprint density at radius 1 is 1.35 bits per heavy atom. The molecule has 0 saturated carbocycles. The average Bonchev–Trinajstić information content (AvgIpc) is 2.27. The molecule has 0 aromatic heterocycles. The summed E-state index contributed by atoms with van der Waals surface area (Å²) in [6.45, 7) is 4.04. The van der Waals surface area contributed by atoms with Crippen LogP contribution in [0.5, 0.6) is 0 Å². The number of nitrogens with zero attached hydrogens (tertiary/aromatic N) is 1. The van der Waals surface area contributed by atoms with Gasteiger partial charge in [0.05, 0.1) is 5.54 Å². The van der Waals surface area contributed by atoms with Crippen molar-refractivity contribution in [3.8, 4) is 0 Å². The van der Waals surface area contributed by atoms with Crippen LogP contribution in [0.3, 0.4) is 0 Å². The maximum atomic E-state index is 11.9. The van der Waals surface area contributed by atoms with Crippen LogP contribution in [0.4, 0.5) is 0 Å². The first-order valence-electron chi connectivity index (χ1n) is 5.52. The molecule has 94 valence electrons. The smallest absolute Gasteiger partial charge is 0.242 e. The van der Waals surface area contributed by atoms with Crippen LogP contribution < -0.4 is 5.73 Å². The molecule has 0 aliphatic carbocycles. The molecule has 0 bridgehead atoms. The van der Waals surface area contributed by atoms with Crippen LogP contribution in [0.25, 0.3) is 0 Å². The maximum Gasteiger partial charge on any atom is 0.242 e. The van der Waals surface area contributed by atoms with E-state index >= 15 is 0 Å². The molecule has 0 spiro atoms. The van der Waals surface area contributed by atoms with Gasteiger partial charge in [0.1, 0.15) is 0 Å². The van der Waals surface area contributed by atoms with E-state index in [-0.39, 0.29) is 5.91 Å². The first-order valence-corrected chi connectivity index (χ1v) is 6.74. The first-order chi connectivity index (χ1) is 7.84. The Balaban J connectivity index is 2.68. The second-order valence-electron chi connectivity index (χ2n) is 4.73. The fourth-order valence-electron chi connectivity index (χ4n) is 1.57. The summed E-state index contributed by atoms with van der Waals surface area (Å²) in [4.78, 5) is 14.8. The molecule has 2 N–H and O–H groups in total. The maximum absolute atomic E-state index is 11.9. The van der Waals surface area contributed by atoms with Crippen LogP contribution in [-0.2, 0) is 11.3 Å². The van der Waals surface area contributed by atoms with E-state index in [1.165, 1.54) is 4.90 Å². The van der Waals surface area contributed by atoms with Crippen LogP contribution in [0.15, 0.2) is 29.2 Å². The molecule has 1 aromatic carbocycles.